The highest BCUT2D eigenvalue weighted by molar-refractivity contribution is 4.93. The van der Waals surface area contributed by atoms with E-state index in [1.54, 1.807) is 0 Å². The van der Waals surface area contributed by atoms with Crippen LogP contribution in [0.15, 0.2) is 0 Å². The summed E-state index contributed by atoms with van der Waals surface area (Å²) >= 11 is 0. The van der Waals surface area contributed by atoms with Crippen LogP contribution >= 0.6 is 0 Å². The first-order valence-corrected chi connectivity index (χ1v) is 6.81. The van der Waals surface area contributed by atoms with Gasteiger partial charge in [0.25, 0.3) is 0 Å². The largest absolute Gasteiger partial charge is 0.389 e. The fourth-order valence-corrected chi connectivity index (χ4v) is 2.57. The average Bonchev–Trinajstić information content (AvgIpc) is 2.80. The maximum absolute atomic E-state index is 10.5. The molecule has 1 saturated carbocycles. The SMILES string of the molecule is CCC(C)NCC1(O)CCC2(CC1)OCCO2. The molecule has 0 aromatic carbocycles. The van der Waals surface area contributed by atoms with Crippen molar-refractivity contribution in [2.24, 2.45) is 0 Å². The number of hydrogen-bond donors (Lipinski definition) is 2. The van der Waals surface area contributed by atoms with Crippen molar-refractivity contribution in [2.75, 3.05) is 19.8 Å². The predicted octanol–water partition coefficient (Wildman–Crippen LogP) is 1.42. The second-order valence-electron chi connectivity index (χ2n) is 5.52. The van der Waals surface area contributed by atoms with E-state index >= 15 is 0 Å². The molecule has 2 N–H and O–H groups in total. The Morgan fingerprint density at radius 2 is 1.76 bits per heavy atom. The van der Waals surface area contributed by atoms with E-state index < -0.39 is 5.60 Å². The van der Waals surface area contributed by atoms with E-state index in [9.17, 15) is 5.11 Å². The molecule has 1 saturated heterocycles. The Balaban J connectivity index is 1.80. The molecule has 0 aromatic rings. The highest BCUT2D eigenvalue weighted by Crippen LogP contribution is 2.39. The molecule has 0 amide bonds. The van der Waals surface area contributed by atoms with Crippen LogP contribution in [0, 0.1) is 0 Å². The summed E-state index contributed by atoms with van der Waals surface area (Å²) in [6.45, 7) is 6.37. The van der Waals surface area contributed by atoms with Gasteiger partial charge in [0.05, 0.1) is 18.8 Å². The lowest BCUT2D eigenvalue weighted by Crippen LogP contribution is -2.50. The Morgan fingerprint density at radius 1 is 1.18 bits per heavy atom. The summed E-state index contributed by atoms with van der Waals surface area (Å²) in [5.74, 6) is -0.372. The molecule has 2 rings (SSSR count). The molecule has 1 spiro atoms. The van der Waals surface area contributed by atoms with E-state index in [1.807, 2.05) is 0 Å². The Kier molecular flexibility index (Phi) is 4.08. The van der Waals surface area contributed by atoms with Gasteiger partial charge in [-0.3, -0.25) is 0 Å². The first-order chi connectivity index (χ1) is 8.08. The monoisotopic (exact) mass is 243 g/mol. The smallest absolute Gasteiger partial charge is 0.168 e. The van der Waals surface area contributed by atoms with Gasteiger partial charge in [0, 0.05) is 25.4 Å². The summed E-state index contributed by atoms with van der Waals surface area (Å²) in [5, 5.41) is 13.9. The standard InChI is InChI=1S/C13H25NO3/c1-3-11(2)14-10-12(15)4-6-13(7-5-12)16-8-9-17-13/h11,14-15H,3-10H2,1-2H3. The van der Waals surface area contributed by atoms with E-state index in [1.165, 1.54) is 0 Å². The van der Waals surface area contributed by atoms with Gasteiger partial charge in [-0.1, -0.05) is 6.92 Å². The maximum Gasteiger partial charge on any atom is 0.168 e. The van der Waals surface area contributed by atoms with Crippen LogP contribution in [-0.2, 0) is 9.47 Å². The molecular weight excluding hydrogens is 218 g/mol. The van der Waals surface area contributed by atoms with Crippen LogP contribution in [0.25, 0.3) is 0 Å². The Morgan fingerprint density at radius 3 is 2.29 bits per heavy atom. The van der Waals surface area contributed by atoms with Crippen LogP contribution in [0.5, 0.6) is 0 Å². The second kappa shape index (κ2) is 5.22. The third-order valence-corrected chi connectivity index (χ3v) is 4.15. The third kappa shape index (κ3) is 3.19. The van der Waals surface area contributed by atoms with E-state index in [0.717, 1.165) is 32.1 Å². The van der Waals surface area contributed by atoms with Crippen molar-refractivity contribution in [3.63, 3.8) is 0 Å². The molecule has 1 atom stereocenters. The van der Waals surface area contributed by atoms with Crippen LogP contribution < -0.4 is 5.32 Å². The first-order valence-electron chi connectivity index (χ1n) is 6.81. The van der Waals surface area contributed by atoms with Gasteiger partial charge in [0.1, 0.15) is 0 Å². The molecule has 17 heavy (non-hydrogen) atoms. The number of rotatable bonds is 4. The van der Waals surface area contributed by atoms with Crippen molar-refractivity contribution in [3.05, 3.63) is 0 Å². The normalized spacial score (nSPS) is 28.4. The van der Waals surface area contributed by atoms with Crippen LogP contribution in [0.1, 0.15) is 46.0 Å². The van der Waals surface area contributed by atoms with Gasteiger partial charge in [0.15, 0.2) is 5.79 Å². The summed E-state index contributed by atoms with van der Waals surface area (Å²) in [7, 11) is 0. The molecule has 1 unspecified atom stereocenters. The number of hydrogen-bond acceptors (Lipinski definition) is 4. The van der Waals surface area contributed by atoms with Gasteiger partial charge in [-0.15, -0.1) is 0 Å². The van der Waals surface area contributed by atoms with Crippen molar-refractivity contribution in [1.29, 1.82) is 0 Å². The number of ether oxygens (including phenoxy) is 2. The van der Waals surface area contributed by atoms with Crippen LogP contribution in [0.3, 0.4) is 0 Å². The quantitative estimate of drug-likeness (QED) is 0.784. The first kappa shape index (κ1) is 13.3. The van der Waals surface area contributed by atoms with Gasteiger partial charge in [-0.25, -0.2) is 0 Å². The van der Waals surface area contributed by atoms with Crippen LogP contribution in [-0.4, -0.2) is 42.3 Å². The van der Waals surface area contributed by atoms with Crippen molar-refractivity contribution in [1.82, 2.24) is 5.32 Å². The van der Waals surface area contributed by atoms with Gasteiger partial charge >= 0.3 is 0 Å². The maximum atomic E-state index is 10.5. The highest BCUT2D eigenvalue weighted by Gasteiger charge is 2.45. The zero-order chi connectivity index (χ0) is 12.4. The summed E-state index contributed by atoms with van der Waals surface area (Å²) in [6, 6.07) is 0.467. The van der Waals surface area contributed by atoms with Gasteiger partial charge in [0.2, 0.25) is 0 Å². The number of aliphatic hydroxyl groups is 1. The fraction of sp³-hybridized carbons (Fsp3) is 1.00. The molecule has 2 fully saturated rings. The molecule has 1 aliphatic carbocycles. The minimum atomic E-state index is -0.579. The topological polar surface area (TPSA) is 50.7 Å². The molecule has 1 aliphatic heterocycles. The molecule has 0 bridgehead atoms. The van der Waals surface area contributed by atoms with E-state index in [4.69, 9.17) is 9.47 Å². The van der Waals surface area contributed by atoms with E-state index in [-0.39, 0.29) is 5.79 Å². The lowest BCUT2D eigenvalue weighted by molar-refractivity contribution is -0.201. The summed E-state index contributed by atoms with van der Waals surface area (Å²) in [4.78, 5) is 0. The number of nitrogens with one attached hydrogen (secondary N) is 1. The van der Waals surface area contributed by atoms with E-state index in [2.05, 4.69) is 19.2 Å². The molecule has 4 heteroatoms. The lowest BCUT2D eigenvalue weighted by atomic mass is 9.81. The summed E-state index contributed by atoms with van der Waals surface area (Å²) < 4.78 is 11.3. The Labute approximate surface area is 104 Å². The Hall–Kier alpha value is -0.160. The van der Waals surface area contributed by atoms with Gasteiger partial charge < -0.3 is 19.9 Å². The van der Waals surface area contributed by atoms with Crippen molar-refractivity contribution < 1.29 is 14.6 Å². The summed E-state index contributed by atoms with van der Waals surface area (Å²) in [5.41, 5.74) is -0.579. The molecular formula is C13H25NO3. The zero-order valence-electron chi connectivity index (χ0n) is 11.0. The van der Waals surface area contributed by atoms with E-state index in [0.29, 0.717) is 25.8 Å². The Bertz CT molecular complexity index is 241. The second-order valence-corrected chi connectivity index (χ2v) is 5.52. The predicted molar refractivity (Wildman–Crippen MR) is 65.8 cm³/mol. The van der Waals surface area contributed by atoms with Crippen molar-refractivity contribution >= 4 is 0 Å². The third-order valence-electron chi connectivity index (χ3n) is 4.15. The molecule has 0 aromatic heterocycles. The molecule has 2 aliphatic rings. The molecule has 4 nitrogen and oxygen atoms in total. The van der Waals surface area contributed by atoms with Crippen LogP contribution in [0.2, 0.25) is 0 Å². The molecule has 100 valence electrons. The molecule has 1 heterocycles. The molecule has 0 radical (unpaired) electrons. The minimum absolute atomic E-state index is 0.372. The zero-order valence-corrected chi connectivity index (χ0v) is 11.0. The summed E-state index contributed by atoms with van der Waals surface area (Å²) in [6.07, 6.45) is 4.23. The fourth-order valence-electron chi connectivity index (χ4n) is 2.57. The lowest BCUT2D eigenvalue weighted by Gasteiger charge is -2.41. The van der Waals surface area contributed by atoms with Gasteiger partial charge in [-0.05, 0) is 26.2 Å². The van der Waals surface area contributed by atoms with Crippen LogP contribution in [0.4, 0.5) is 0 Å². The minimum Gasteiger partial charge on any atom is -0.389 e. The van der Waals surface area contributed by atoms with Gasteiger partial charge in [-0.2, -0.15) is 0 Å². The highest BCUT2D eigenvalue weighted by atomic mass is 16.7. The van der Waals surface area contributed by atoms with Crippen molar-refractivity contribution in [2.45, 2.75) is 63.4 Å². The van der Waals surface area contributed by atoms with Crippen molar-refractivity contribution in [3.8, 4) is 0 Å². The average molecular weight is 243 g/mol.